The molecule has 1 aromatic heterocycles. The lowest BCUT2D eigenvalue weighted by molar-refractivity contribution is -0.131. The Hall–Kier alpha value is -1.36. The van der Waals surface area contributed by atoms with Gasteiger partial charge in [0.15, 0.2) is 0 Å². The molecule has 1 amide bonds. The molecule has 1 N–H and O–H groups in total. The van der Waals surface area contributed by atoms with E-state index in [1.807, 2.05) is 27.8 Å². The number of carbonyl (C=O) groups excluding carboxylic acids is 1. The zero-order valence-corrected chi connectivity index (χ0v) is 13.8. The number of hydrogen-bond donors (Lipinski definition) is 1. The highest BCUT2D eigenvalue weighted by molar-refractivity contribution is 5.93. The SMILES string of the molecule is Cc1nn(C)c(NC(=O)[C@H](C)O[C@@H]2CCC[C@@H](C)C2)c1C. The summed E-state index contributed by atoms with van der Waals surface area (Å²) in [5.74, 6) is 1.35. The molecule has 1 aliphatic rings. The van der Waals surface area contributed by atoms with Gasteiger partial charge in [-0.05, 0) is 39.5 Å². The van der Waals surface area contributed by atoms with Crippen LogP contribution in [0.3, 0.4) is 0 Å². The van der Waals surface area contributed by atoms with Crippen LogP contribution in [0.4, 0.5) is 5.82 Å². The molecule has 0 unspecified atom stereocenters. The molecule has 0 aliphatic heterocycles. The summed E-state index contributed by atoms with van der Waals surface area (Å²) in [5.41, 5.74) is 1.94. The predicted octanol–water partition coefficient (Wildman–Crippen LogP) is 2.96. The Morgan fingerprint density at radius 2 is 2.14 bits per heavy atom. The first kappa shape index (κ1) is 16.0. The third-order valence-corrected chi connectivity index (χ3v) is 4.42. The van der Waals surface area contributed by atoms with Crippen LogP contribution in [0.15, 0.2) is 0 Å². The zero-order chi connectivity index (χ0) is 15.6. The van der Waals surface area contributed by atoms with Crippen molar-refractivity contribution in [3.8, 4) is 0 Å². The van der Waals surface area contributed by atoms with Gasteiger partial charge in [0.2, 0.25) is 0 Å². The average Bonchev–Trinajstić information content (AvgIpc) is 2.65. The highest BCUT2D eigenvalue weighted by atomic mass is 16.5. The van der Waals surface area contributed by atoms with E-state index in [9.17, 15) is 4.79 Å². The molecule has 1 aromatic rings. The largest absolute Gasteiger partial charge is 0.365 e. The van der Waals surface area contributed by atoms with Gasteiger partial charge in [0.05, 0.1) is 11.8 Å². The maximum absolute atomic E-state index is 12.3. The Balaban J connectivity index is 1.93. The standard InChI is InChI=1S/C16H27N3O2/c1-10-7-6-8-14(9-10)21-13(4)16(20)17-15-11(2)12(3)18-19(15)5/h10,13-14H,6-9H2,1-5H3,(H,17,20)/t10-,13+,14-/m1/s1. The van der Waals surface area contributed by atoms with Crippen molar-refractivity contribution in [2.75, 3.05) is 5.32 Å². The molecule has 2 rings (SSSR count). The lowest BCUT2D eigenvalue weighted by Crippen LogP contribution is -2.34. The molecule has 0 radical (unpaired) electrons. The third-order valence-electron chi connectivity index (χ3n) is 4.42. The number of nitrogens with one attached hydrogen (secondary N) is 1. The van der Waals surface area contributed by atoms with Crippen LogP contribution in [-0.2, 0) is 16.6 Å². The van der Waals surface area contributed by atoms with E-state index in [-0.39, 0.29) is 12.0 Å². The highest BCUT2D eigenvalue weighted by Gasteiger charge is 2.25. The maximum Gasteiger partial charge on any atom is 0.254 e. The van der Waals surface area contributed by atoms with Crippen molar-refractivity contribution in [3.05, 3.63) is 11.3 Å². The van der Waals surface area contributed by atoms with E-state index >= 15 is 0 Å². The molecule has 0 spiro atoms. The van der Waals surface area contributed by atoms with Crippen molar-refractivity contribution in [2.24, 2.45) is 13.0 Å². The number of amides is 1. The number of aromatic nitrogens is 2. The molecule has 1 fully saturated rings. The van der Waals surface area contributed by atoms with Crippen LogP contribution in [0, 0.1) is 19.8 Å². The summed E-state index contributed by atoms with van der Waals surface area (Å²) in [4.78, 5) is 12.3. The van der Waals surface area contributed by atoms with Gasteiger partial charge < -0.3 is 10.1 Å². The van der Waals surface area contributed by atoms with Crippen molar-refractivity contribution in [3.63, 3.8) is 0 Å². The number of anilines is 1. The molecule has 1 aliphatic carbocycles. The Bertz CT molecular complexity index is 510. The molecular weight excluding hydrogens is 266 g/mol. The second kappa shape index (κ2) is 6.60. The van der Waals surface area contributed by atoms with Gasteiger partial charge in [0, 0.05) is 12.6 Å². The van der Waals surface area contributed by atoms with E-state index in [1.54, 1.807) is 4.68 Å². The fourth-order valence-electron chi connectivity index (χ4n) is 3.01. The summed E-state index contributed by atoms with van der Waals surface area (Å²) in [6.45, 7) is 7.98. The number of carbonyl (C=O) groups is 1. The van der Waals surface area contributed by atoms with Crippen molar-refractivity contribution >= 4 is 11.7 Å². The Morgan fingerprint density at radius 1 is 1.43 bits per heavy atom. The molecule has 21 heavy (non-hydrogen) atoms. The topological polar surface area (TPSA) is 56.2 Å². The summed E-state index contributed by atoms with van der Waals surface area (Å²) in [7, 11) is 1.84. The van der Waals surface area contributed by atoms with Crippen LogP contribution in [0.1, 0.15) is 50.8 Å². The quantitative estimate of drug-likeness (QED) is 0.928. The van der Waals surface area contributed by atoms with E-state index in [1.165, 1.54) is 12.8 Å². The van der Waals surface area contributed by atoms with Gasteiger partial charge in [0.25, 0.3) is 5.91 Å². The fourth-order valence-corrected chi connectivity index (χ4v) is 3.01. The average molecular weight is 293 g/mol. The predicted molar refractivity (Wildman–Crippen MR) is 83.3 cm³/mol. The number of aryl methyl sites for hydroxylation is 2. The Morgan fingerprint density at radius 3 is 2.71 bits per heavy atom. The van der Waals surface area contributed by atoms with Crippen LogP contribution in [0.25, 0.3) is 0 Å². The summed E-state index contributed by atoms with van der Waals surface area (Å²) < 4.78 is 7.65. The smallest absolute Gasteiger partial charge is 0.254 e. The van der Waals surface area contributed by atoms with Crippen molar-refractivity contribution in [2.45, 2.75) is 65.6 Å². The lowest BCUT2D eigenvalue weighted by atomic mass is 9.88. The van der Waals surface area contributed by atoms with Crippen LogP contribution < -0.4 is 5.32 Å². The molecule has 0 saturated heterocycles. The van der Waals surface area contributed by atoms with Crippen LogP contribution in [-0.4, -0.2) is 27.9 Å². The van der Waals surface area contributed by atoms with Crippen LogP contribution in [0.5, 0.6) is 0 Å². The van der Waals surface area contributed by atoms with Gasteiger partial charge in [-0.15, -0.1) is 0 Å². The van der Waals surface area contributed by atoms with Gasteiger partial charge in [-0.2, -0.15) is 5.10 Å². The fraction of sp³-hybridized carbons (Fsp3) is 0.750. The molecule has 0 aromatic carbocycles. The summed E-state index contributed by atoms with van der Waals surface area (Å²) in [6.07, 6.45) is 4.36. The normalized spacial score (nSPS) is 23.9. The molecule has 1 saturated carbocycles. The second-order valence-electron chi connectivity index (χ2n) is 6.34. The van der Waals surface area contributed by atoms with Gasteiger partial charge in [-0.1, -0.05) is 19.8 Å². The zero-order valence-electron chi connectivity index (χ0n) is 13.8. The van der Waals surface area contributed by atoms with Crippen molar-refractivity contribution < 1.29 is 9.53 Å². The van der Waals surface area contributed by atoms with E-state index in [0.717, 1.165) is 29.9 Å². The Kier molecular flexibility index (Phi) is 5.04. The van der Waals surface area contributed by atoms with Gasteiger partial charge in [-0.3, -0.25) is 9.48 Å². The van der Waals surface area contributed by atoms with E-state index in [4.69, 9.17) is 4.74 Å². The van der Waals surface area contributed by atoms with E-state index in [0.29, 0.717) is 5.92 Å². The minimum atomic E-state index is -0.435. The van der Waals surface area contributed by atoms with Gasteiger partial charge >= 0.3 is 0 Å². The number of rotatable bonds is 4. The monoisotopic (exact) mass is 293 g/mol. The van der Waals surface area contributed by atoms with Gasteiger partial charge in [-0.25, -0.2) is 0 Å². The maximum atomic E-state index is 12.3. The minimum absolute atomic E-state index is 0.0978. The Labute approximate surface area is 127 Å². The van der Waals surface area contributed by atoms with E-state index < -0.39 is 6.10 Å². The minimum Gasteiger partial charge on any atom is -0.365 e. The van der Waals surface area contributed by atoms with Crippen molar-refractivity contribution in [1.82, 2.24) is 9.78 Å². The van der Waals surface area contributed by atoms with Crippen LogP contribution in [0.2, 0.25) is 0 Å². The molecule has 1 heterocycles. The first-order valence-electron chi connectivity index (χ1n) is 7.85. The van der Waals surface area contributed by atoms with Crippen molar-refractivity contribution in [1.29, 1.82) is 0 Å². The molecular formula is C16H27N3O2. The van der Waals surface area contributed by atoms with Gasteiger partial charge in [0.1, 0.15) is 11.9 Å². The first-order chi connectivity index (χ1) is 9.88. The number of ether oxygens (including phenoxy) is 1. The molecule has 5 heteroatoms. The summed E-state index contributed by atoms with van der Waals surface area (Å²) in [5, 5.41) is 7.25. The summed E-state index contributed by atoms with van der Waals surface area (Å²) >= 11 is 0. The first-order valence-corrected chi connectivity index (χ1v) is 7.85. The number of hydrogen-bond acceptors (Lipinski definition) is 3. The molecule has 0 bridgehead atoms. The van der Waals surface area contributed by atoms with E-state index in [2.05, 4.69) is 17.3 Å². The molecule has 5 nitrogen and oxygen atoms in total. The molecule has 3 atom stereocenters. The third kappa shape index (κ3) is 3.84. The lowest BCUT2D eigenvalue weighted by Gasteiger charge is -2.29. The highest BCUT2D eigenvalue weighted by Crippen LogP contribution is 2.26. The summed E-state index contributed by atoms with van der Waals surface area (Å²) in [6, 6.07) is 0. The molecule has 118 valence electrons. The number of nitrogens with zero attached hydrogens (tertiary/aromatic N) is 2. The van der Waals surface area contributed by atoms with Crippen LogP contribution >= 0.6 is 0 Å². The second-order valence-corrected chi connectivity index (χ2v) is 6.34.